The Bertz CT molecular complexity index is 809. The van der Waals surface area contributed by atoms with Gasteiger partial charge in [-0.1, -0.05) is 23.2 Å². The molecule has 0 spiro atoms. The van der Waals surface area contributed by atoms with Crippen LogP contribution in [0.25, 0.3) is 0 Å². The van der Waals surface area contributed by atoms with Crippen molar-refractivity contribution < 1.29 is 32.2 Å². The van der Waals surface area contributed by atoms with E-state index in [1.807, 2.05) is 0 Å². The Morgan fingerprint density at radius 1 is 1.04 bits per heavy atom. The summed E-state index contributed by atoms with van der Waals surface area (Å²) in [5.74, 6) is -0.222. The summed E-state index contributed by atoms with van der Waals surface area (Å²) in [5.41, 5.74) is -0.887. The van der Waals surface area contributed by atoms with Crippen molar-refractivity contribution in [3.63, 3.8) is 0 Å². The summed E-state index contributed by atoms with van der Waals surface area (Å²) in [5, 5.41) is 0.00629. The number of alkyl halides is 3. The summed E-state index contributed by atoms with van der Waals surface area (Å²) in [6.07, 6.45) is -5.42. The van der Waals surface area contributed by atoms with E-state index in [4.69, 9.17) is 32.7 Å². The fraction of sp³-hybridized carbons (Fsp3) is 0.235. The van der Waals surface area contributed by atoms with Crippen LogP contribution in [0.5, 0.6) is 17.2 Å². The zero-order valence-electron chi connectivity index (χ0n) is 13.6. The van der Waals surface area contributed by atoms with Crippen LogP contribution in [0.15, 0.2) is 36.4 Å². The van der Waals surface area contributed by atoms with Gasteiger partial charge in [-0.05, 0) is 37.3 Å². The molecular weight excluding hydrogens is 396 g/mol. The third-order valence-corrected chi connectivity index (χ3v) is 3.83. The highest BCUT2D eigenvalue weighted by Gasteiger charge is 2.31. The van der Waals surface area contributed by atoms with Gasteiger partial charge in [-0.2, -0.15) is 13.2 Å². The number of ether oxygens (including phenoxy) is 3. The number of methoxy groups -OCH3 is 1. The summed E-state index contributed by atoms with van der Waals surface area (Å²) in [7, 11) is 1.22. The molecule has 0 saturated heterocycles. The van der Waals surface area contributed by atoms with Gasteiger partial charge in [-0.15, -0.1) is 0 Å². The Hall–Kier alpha value is -2.12. The van der Waals surface area contributed by atoms with Gasteiger partial charge in [-0.3, -0.25) is 0 Å². The van der Waals surface area contributed by atoms with Crippen LogP contribution < -0.4 is 9.47 Å². The quantitative estimate of drug-likeness (QED) is 0.591. The van der Waals surface area contributed by atoms with E-state index in [0.29, 0.717) is 0 Å². The first-order valence-electron chi connectivity index (χ1n) is 7.20. The maximum absolute atomic E-state index is 12.7. The lowest BCUT2D eigenvalue weighted by Gasteiger charge is -2.15. The predicted octanol–water partition coefficient (Wildman–Crippen LogP) is 5.74. The third-order valence-electron chi connectivity index (χ3n) is 3.23. The van der Waals surface area contributed by atoms with Crippen LogP contribution in [0.3, 0.4) is 0 Å². The molecule has 0 amide bonds. The largest absolute Gasteiger partial charge is 0.477 e. The summed E-state index contributed by atoms with van der Waals surface area (Å²) in [4.78, 5) is 11.4. The second kappa shape index (κ2) is 8.05. The normalized spacial score (nSPS) is 12.4. The lowest BCUT2D eigenvalue weighted by atomic mass is 10.2. The van der Waals surface area contributed by atoms with E-state index >= 15 is 0 Å². The molecular formula is C17H13Cl2F3O4. The highest BCUT2D eigenvalue weighted by atomic mass is 35.5. The van der Waals surface area contributed by atoms with E-state index in [9.17, 15) is 18.0 Å². The van der Waals surface area contributed by atoms with Crippen molar-refractivity contribution in [2.75, 3.05) is 7.11 Å². The van der Waals surface area contributed by atoms with Gasteiger partial charge < -0.3 is 14.2 Å². The SMILES string of the molecule is COC(=O)C(C)Oc1cc(Oc2ccc(C(F)(F)F)cc2Cl)ccc1Cl. The summed E-state index contributed by atoms with van der Waals surface area (Å²) < 4.78 is 53.5. The highest BCUT2D eigenvalue weighted by Crippen LogP contribution is 2.38. The van der Waals surface area contributed by atoms with E-state index in [2.05, 4.69) is 4.74 Å². The summed E-state index contributed by atoms with van der Waals surface area (Å²) in [6.45, 7) is 1.47. The summed E-state index contributed by atoms with van der Waals surface area (Å²) >= 11 is 11.9. The van der Waals surface area contributed by atoms with Crippen LogP contribution in [-0.4, -0.2) is 19.2 Å². The van der Waals surface area contributed by atoms with Crippen molar-refractivity contribution >= 4 is 29.2 Å². The number of hydrogen-bond acceptors (Lipinski definition) is 4. The number of benzene rings is 2. The molecule has 4 nitrogen and oxygen atoms in total. The van der Waals surface area contributed by atoms with E-state index in [0.717, 1.165) is 18.2 Å². The first-order chi connectivity index (χ1) is 12.1. The van der Waals surface area contributed by atoms with Crippen molar-refractivity contribution in [1.29, 1.82) is 0 Å². The maximum Gasteiger partial charge on any atom is 0.416 e. The number of esters is 1. The Morgan fingerprint density at radius 2 is 1.73 bits per heavy atom. The molecule has 2 rings (SSSR count). The zero-order valence-corrected chi connectivity index (χ0v) is 15.1. The van der Waals surface area contributed by atoms with Gasteiger partial charge in [-0.25, -0.2) is 4.79 Å². The minimum atomic E-state index is -4.51. The lowest BCUT2D eigenvalue weighted by molar-refractivity contribution is -0.148. The molecule has 0 aliphatic rings. The monoisotopic (exact) mass is 408 g/mol. The van der Waals surface area contributed by atoms with Gasteiger partial charge in [0.2, 0.25) is 0 Å². The number of hydrogen-bond donors (Lipinski definition) is 0. The minimum absolute atomic E-state index is 0.0222. The maximum atomic E-state index is 12.7. The number of carbonyl (C=O) groups excluding carboxylic acids is 1. The molecule has 0 heterocycles. The first-order valence-corrected chi connectivity index (χ1v) is 7.96. The summed E-state index contributed by atoms with van der Waals surface area (Å²) in [6, 6.07) is 7.05. The molecule has 9 heteroatoms. The van der Waals surface area contributed by atoms with Crippen LogP contribution >= 0.6 is 23.2 Å². The second-order valence-corrected chi connectivity index (χ2v) is 5.93. The van der Waals surface area contributed by atoms with Gasteiger partial charge in [0.25, 0.3) is 0 Å². The smallest absolute Gasteiger partial charge is 0.416 e. The topological polar surface area (TPSA) is 44.8 Å². The minimum Gasteiger partial charge on any atom is -0.477 e. The molecule has 0 N–H and O–H groups in total. The molecule has 140 valence electrons. The molecule has 0 aliphatic heterocycles. The van der Waals surface area contributed by atoms with Gasteiger partial charge >= 0.3 is 12.1 Å². The second-order valence-electron chi connectivity index (χ2n) is 5.12. The molecule has 0 fully saturated rings. The highest BCUT2D eigenvalue weighted by molar-refractivity contribution is 6.32. The predicted molar refractivity (Wildman–Crippen MR) is 90.1 cm³/mol. The molecule has 0 bridgehead atoms. The van der Waals surface area contributed by atoms with Crippen molar-refractivity contribution in [3.8, 4) is 17.2 Å². The molecule has 26 heavy (non-hydrogen) atoms. The standard InChI is InChI=1S/C17H13Cl2F3O4/c1-9(16(23)24-2)25-15-8-11(4-5-12(15)18)26-14-6-3-10(7-13(14)19)17(20,21)22/h3-9H,1-2H3. The van der Waals surface area contributed by atoms with Crippen molar-refractivity contribution in [1.82, 2.24) is 0 Å². The zero-order chi connectivity index (χ0) is 19.5. The van der Waals surface area contributed by atoms with Crippen LogP contribution in [0.4, 0.5) is 13.2 Å². The van der Waals surface area contributed by atoms with Crippen molar-refractivity contribution in [2.45, 2.75) is 19.2 Å². The van der Waals surface area contributed by atoms with E-state index in [-0.39, 0.29) is 27.3 Å². The molecule has 0 saturated carbocycles. The Labute approximate surface area is 157 Å². The number of carbonyl (C=O) groups is 1. The van der Waals surface area contributed by atoms with Crippen LogP contribution in [-0.2, 0) is 15.7 Å². The molecule has 1 unspecified atom stereocenters. The molecule has 1 atom stereocenters. The van der Waals surface area contributed by atoms with Crippen LogP contribution in [0.1, 0.15) is 12.5 Å². The number of halogens is 5. The lowest BCUT2D eigenvalue weighted by Crippen LogP contribution is -2.25. The molecule has 2 aromatic rings. The van der Waals surface area contributed by atoms with Gasteiger partial charge in [0, 0.05) is 6.07 Å². The fourth-order valence-electron chi connectivity index (χ4n) is 1.93. The van der Waals surface area contributed by atoms with Gasteiger partial charge in [0.15, 0.2) is 6.10 Å². The van der Waals surface area contributed by atoms with E-state index in [1.54, 1.807) is 0 Å². The van der Waals surface area contributed by atoms with E-state index in [1.165, 1.54) is 32.2 Å². The Morgan fingerprint density at radius 3 is 2.31 bits per heavy atom. The van der Waals surface area contributed by atoms with Crippen molar-refractivity contribution in [2.24, 2.45) is 0 Å². The molecule has 0 radical (unpaired) electrons. The Balaban J connectivity index is 2.23. The van der Waals surface area contributed by atoms with Crippen molar-refractivity contribution in [3.05, 3.63) is 52.0 Å². The van der Waals surface area contributed by atoms with Crippen LogP contribution in [0.2, 0.25) is 10.0 Å². The first kappa shape index (κ1) is 20.2. The average Bonchev–Trinajstić information content (AvgIpc) is 2.57. The molecule has 2 aromatic carbocycles. The third kappa shape index (κ3) is 4.95. The number of rotatable bonds is 5. The van der Waals surface area contributed by atoms with Crippen LogP contribution in [0, 0.1) is 0 Å². The fourth-order valence-corrected chi connectivity index (χ4v) is 2.31. The average molecular weight is 409 g/mol. The van der Waals surface area contributed by atoms with Gasteiger partial charge in [0.1, 0.15) is 17.2 Å². The molecule has 0 aromatic heterocycles. The molecule has 0 aliphatic carbocycles. The Kier molecular flexibility index (Phi) is 6.26. The van der Waals surface area contributed by atoms with E-state index < -0.39 is 23.8 Å². The van der Waals surface area contributed by atoms with Gasteiger partial charge in [0.05, 0.1) is 22.7 Å².